The van der Waals surface area contributed by atoms with Crippen LogP contribution in [-0.4, -0.2) is 43.5 Å². The standard InChI is InChI=1S/C20H18N6O2S2/c1-28-14-6-7-15-16(9-14)30-19(22-15)23-17(27)11-29-20-25-24-18(26(20)13-4-5-13)12-3-2-8-21-10-12/h2-3,6-10,13H,4-5,11H2,1H3,(H,22,23,27). The minimum atomic E-state index is -0.126. The predicted octanol–water partition coefficient (Wildman–Crippen LogP) is 4.02. The van der Waals surface area contributed by atoms with Crippen molar-refractivity contribution < 1.29 is 9.53 Å². The van der Waals surface area contributed by atoms with Crippen molar-refractivity contribution in [2.45, 2.75) is 24.0 Å². The van der Waals surface area contributed by atoms with Crippen LogP contribution in [0.15, 0.2) is 47.9 Å². The molecule has 8 nitrogen and oxygen atoms in total. The minimum Gasteiger partial charge on any atom is -0.497 e. The molecule has 0 radical (unpaired) electrons. The first-order chi connectivity index (χ1) is 14.7. The Hall–Kier alpha value is -2.98. The monoisotopic (exact) mass is 438 g/mol. The fourth-order valence-corrected chi connectivity index (χ4v) is 4.82. The molecule has 1 aromatic carbocycles. The Morgan fingerprint density at radius 2 is 2.23 bits per heavy atom. The maximum atomic E-state index is 12.5. The number of carbonyl (C=O) groups is 1. The molecule has 10 heteroatoms. The van der Waals surface area contributed by atoms with Gasteiger partial charge in [0.2, 0.25) is 5.91 Å². The van der Waals surface area contributed by atoms with E-state index in [0.717, 1.165) is 45.4 Å². The average Bonchev–Trinajstić information content (AvgIpc) is 3.39. The number of carbonyl (C=O) groups excluding carboxylic acids is 1. The number of hydrogen-bond acceptors (Lipinski definition) is 8. The molecule has 0 saturated heterocycles. The number of methoxy groups -OCH3 is 1. The number of amides is 1. The third kappa shape index (κ3) is 3.88. The number of aromatic nitrogens is 5. The molecule has 3 aromatic heterocycles. The normalized spacial score (nSPS) is 13.5. The highest BCUT2D eigenvalue weighted by atomic mass is 32.2. The van der Waals surface area contributed by atoms with E-state index in [2.05, 4.69) is 30.0 Å². The molecule has 1 saturated carbocycles. The second-order valence-corrected chi connectivity index (χ2v) is 8.81. The summed E-state index contributed by atoms with van der Waals surface area (Å²) in [5.74, 6) is 1.67. The molecule has 0 aliphatic heterocycles. The Kier molecular flexibility index (Phi) is 5.09. The van der Waals surface area contributed by atoms with Crippen LogP contribution < -0.4 is 10.1 Å². The second kappa shape index (κ2) is 8.04. The third-order valence-corrected chi connectivity index (χ3v) is 6.55. The smallest absolute Gasteiger partial charge is 0.236 e. The molecule has 1 aliphatic carbocycles. The van der Waals surface area contributed by atoms with E-state index in [0.29, 0.717) is 11.2 Å². The summed E-state index contributed by atoms with van der Waals surface area (Å²) in [7, 11) is 1.63. The Morgan fingerprint density at radius 1 is 1.33 bits per heavy atom. The fraction of sp³-hybridized carbons (Fsp3) is 0.250. The second-order valence-electron chi connectivity index (χ2n) is 6.84. The van der Waals surface area contributed by atoms with Gasteiger partial charge in [-0.25, -0.2) is 4.98 Å². The number of nitrogens with one attached hydrogen (secondary N) is 1. The molecule has 0 spiro atoms. The first kappa shape index (κ1) is 19.0. The van der Waals surface area contributed by atoms with Crippen molar-refractivity contribution in [1.82, 2.24) is 24.7 Å². The van der Waals surface area contributed by atoms with Crippen molar-refractivity contribution in [2.75, 3.05) is 18.2 Å². The zero-order chi connectivity index (χ0) is 20.5. The van der Waals surface area contributed by atoms with Gasteiger partial charge in [0.25, 0.3) is 0 Å². The van der Waals surface area contributed by atoms with Gasteiger partial charge in [-0.05, 0) is 43.2 Å². The van der Waals surface area contributed by atoms with Crippen LogP contribution in [0.3, 0.4) is 0 Å². The van der Waals surface area contributed by atoms with Crippen LogP contribution in [0.4, 0.5) is 5.13 Å². The van der Waals surface area contributed by atoms with E-state index in [9.17, 15) is 4.79 Å². The highest BCUT2D eigenvalue weighted by Crippen LogP contribution is 2.41. The van der Waals surface area contributed by atoms with Gasteiger partial charge in [0.05, 0.1) is 23.1 Å². The molecule has 30 heavy (non-hydrogen) atoms. The van der Waals surface area contributed by atoms with E-state index < -0.39 is 0 Å². The largest absolute Gasteiger partial charge is 0.497 e. The molecular weight excluding hydrogens is 420 g/mol. The summed E-state index contributed by atoms with van der Waals surface area (Å²) in [5.41, 5.74) is 1.76. The summed E-state index contributed by atoms with van der Waals surface area (Å²) in [4.78, 5) is 21.1. The molecule has 5 rings (SSSR count). The quantitative estimate of drug-likeness (QED) is 0.435. The lowest BCUT2D eigenvalue weighted by molar-refractivity contribution is -0.113. The summed E-state index contributed by atoms with van der Waals surface area (Å²) < 4.78 is 8.33. The Labute approximate surface area is 180 Å². The van der Waals surface area contributed by atoms with Gasteiger partial charge in [-0.2, -0.15) is 0 Å². The Bertz CT molecular complexity index is 1200. The first-order valence-electron chi connectivity index (χ1n) is 9.44. The van der Waals surface area contributed by atoms with E-state index in [1.54, 1.807) is 19.5 Å². The zero-order valence-electron chi connectivity index (χ0n) is 16.1. The fourth-order valence-electron chi connectivity index (χ4n) is 3.10. The van der Waals surface area contributed by atoms with Crippen LogP contribution in [0.25, 0.3) is 21.6 Å². The van der Waals surface area contributed by atoms with E-state index in [4.69, 9.17) is 4.74 Å². The van der Waals surface area contributed by atoms with Crippen LogP contribution in [0.5, 0.6) is 5.75 Å². The number of thioether (sulfide) groups is 1. The highest BCUT2D eigenvalue weighted by Gasteiger charge is 2.30. The number of nitrogens with zero attached hydrogens (tertiary/aromatic N) is 5. The molecular formula is C20H18N6O2S2. The van der Waals surface area contributed by atoms with Gasteiger partial charge in [0.15, 0.2) is 16.1 Å². The Balaban J connectivity index is 1.28. The zero-order valence-corrected chi connectivity index (χ0v) is 17.7. The number of thiazole rings is 1. The van der Waals surface area contributed by atoms with Crippen molar-refractivity contribution in [2.24, 2.45) is 0 Å². The van der Waals surface area contributed by atoms with E-state index >= 15 is 0 Å². The van der Waals surface area contributed by atoms with Crippen LogP contribution in [0, 0.1) is 0 Å². The van der Waals surface area contributed by atoms with Crippen molar-refractivity contribution >= 4 is 44.4 Å². The topological polar surface area (TPSA) is 94.8 Å². The van der Waals surface area contributed by atoms with E-state index in [-0.39, 0.29) is 11.7 Å². The van der Waals surface area contributed by atoms with Crippen LogP contribution in [0.2, 0.25) is 0 Å². The Morgan fingerprint density at radius 3 is 3.00 bits per heavy atom. The number of fused-ring (bicyclic) bond motifs is 1. The van der Waals surface area contributed by atoms with Crippen molar-refractivity contribution in [1.29, 1.82) is 0 Å². The molecule has 1 aliphatic rings. The lowest BCUT2D eigenvalue weighted by Gasteiger charge is -2.08. The number of benzene rings is 1. The number of rotatable bonds is 7. The summed E-state index contributed by atoms with van der Waals surface area (Å²) in [5, 5.41) is 12.9. The molecule has 1 amide bonds. The van der Waals surface area contributed by atoms with Gasteiger partial charge in [-0.15, -0.1) is 10.2 Å². The summed E-state index contributed by atoms with van der Waals surface area (Å²) in [6.07, 6.45) is 5.71. The molecule has 0 unspecified atom stereocenters. The van der Waals surface area contributed by atoms with Crippen molar-refractivity contribution in [3.8, 4) is 17.1 Å². The van der Waals surface area contributed by atoms with Crippen LogP contribution in [-0.2, 0) is 4.79 Å². The predicted molar refractivity (Wildman–Crippen MR) is 117 cm³/mol. The number of hydrogen-bond donors (Lipinski definition) is 1. The molecule has 1 fully saturated rings. The maximum absolute atomic E-state index is 12.5. The van der Waals surface area contributed by atoms with Crippen LogP contribution >= 0.6 is 23.1 Å². The van der Waals surface area contributed by atoms with Crippen molar-refractivity contribution in [3.05, 3.63) is 42.7 Å². The highest BCUT2D eigenvalue weighted by molar-refractivity contribution is 7.99. The van der Waals surface area contributed by atoms with Gasteiger partial charge in [0, 0.05) is 24.0 Å². The van der Waals surface area contributed by atoms with E-state index in [1.165, 1.54) is 23.1 Å². The molecule has 0 atom stereocenters. The number of pyridine rings is 1. The summed E-state index contributed by atoms with van der Waals surface area (Å²) >= 11 is 2.81. The SMILES string of the molecule is COc1ccc2nc(NC(=O)CSc3nnc(-c4cccnc4)n3C3CC3)sc2c1. The van der Waals surface area contributed by atoms with E-state index in [1.807, 2.05) is 30.3 Å². The number of ether oxygens (including phenoxy) is 1. The lowest BCUT2D eigenvalue weighted by Crippen LogP contribution is -2.14. The van der Waals surface area contributed by atoms with Gasteiger partial charge in [-0.3, -0.25) is 14.3 Å². The molecule has 152 valence electrons. The number of anilines is 1. The lowest BCUT2D eigenvalue weighted by atomic mass is 10.3. The molecule has 1 N–H and O–H groups in total. The first-order valence-corrected chi connectivity index (χ1v) is 11.2. The van der Waals surface area contributed by atoms with Gasteiger partial charge in [-0.1, -0.05) is 23.1 Å². The maximum Gasteiger partial charge on any atom is 0.236 e. The molecule has 4 aromatic rings. The summed E-state index contributed by atoms with van der Waals surface area (Å²) in [6.45, 7) is 0. The van der Waals surface area contributed by atoms with Gasteiger partial charge < -0.3 is 10.1 Å². The van der Waals surface area contributed by atoms with Gasteiger partial charge in [0.1, 0.15) is 5.75 Å². The minimum absolute atomic E-state index is 0.126. The summed E-state index contributed by atoms with van der Waals surface area (Å²) in [6, 6.07) is 9.89. The van der Waals surface area contributed by atoms with Gasteiger partial charge >= 0.3 is 0 Å². The van der Waals surface area contributed by atoms with Crippen molar-refractivity contribution in [3.63, 3.8) is 0 Å². The van der Waals surface area contributed by atoms with Crippen LogP contribution in [0.1, 0.15) is 18.9 Å². The third-order valence-electron chi connectivity index (χ3n) is 4.67. The molecule has 0 bridgehead atoms. The average molecular weight is 439 g/mol. The molecule has 3 heterocycles.